The maximum Gasteiger partial charge on any atom is 0.240 e. The highest BCUT2D eigenvalue weighted by Crippen LogP contribution is 2.62. The molecule has 0 saturated carbocycles. The Morgan fingerprint density at radius 1 is 1.05 bits per heavy atom. The summed E-state index contributed by atoms with van der Waals surface area (Å²) in [6.45, 7) is 9.54. The van der Waals surface area contributed by atoms with Crippen LogP contribution in [0.4, 0.5) is 15.8 Å². The molecule has 0 radical (unpaired) electrons. The van der Waals surface area contributed by atoms with Crippen LogP contribution < -0.4 is 10.2 Å². The van der Waals surface area contributed by atoms with Crippen LogP contribution in [0, 0.1) is 24.2 Å². The molecule has 3 aromatic carbocycles. The van der Waals surface area contributed by atoms with E-state index in [2.05, 4.69) is 10.2 Å². The molecule has 6 rings (SSSR count). The third-order valence-corrected chi connectivity index (χ3v) is 8.11. The van der Waals surface area contributed by atoms with Crippen LogP contribution in [0.5, 0.6) is 0 Å². The van der Waals surface area contributed by atoms with Gasteiger partial charge in [0, 0.05) is 6.54 Å². The molecule has 3 heterocycles. The first-order valence-electron chi connectivity index (χ1n) is 12.2. The van der Waals surface area contributed by atoms with Gasteiger partial charge >= 0.3 is 0 Å². The summed E-state index contributed by atoms with van der Waals surface area (Å²) < 4.78 is 19.6. The number of amides is 3. The zero-order chi connectivity index (χ0) is 25.9. The number of rotatable bonds is 5. The minimum Gasteiger partial charge on any atom is -0.367 e. The number of nitrogens with one attached hydrogen (secondary N) is 1. The van der Waals surface area contributed by atoms with Crippen LogP contribution in [-0.2, 0) is 25.7 Å². The first-order valence-corrected chi connectivity index (χ1v) is 12.2. The lowest BCUT2D eigenvalue weighted by Crippen LogP contribution is -2.45. The van der Waals surface area contributed by atoms with E-state index in [1.807, 2.05) is 19.1 Å². The summed E-state index contributed by atoms with van der Waals surface area (Å²) in [6, 6.07) is 16.4. The number of anilines is 1. The summed E-state index contributed by atoms with van der Waals surface area (Å²) in [5.74, 6) is -2.79. The number of benzene rings is 3. The molecule has 0 aliphatic carbocycles. The van der Waals surface area contributed by atoms with Crippen LogP contribution in [0.15, 0.2) is 60.7 Å². The first-order chi connectivity index (χ1) is 17.8. The molecule has 3 saturated heterocycles. The van der Waals surface area contributed by atoms with E-state index in [1.165, 1.54) is 17.0 Å². The van der Waals surface area contributed by atoms with Gasteiger partial charge in [-0.05, 0) is 54.3 Å². The highest BCUT2D eigenvalue weighted by atomic mass is 19.1. The molecular weight excluding hydrogens is 473 g/mol. The molecule has 0 spiro atoms. The van der Waals surface area contributed by atoms with Crippen molar-refractivity contribution in [1.82, 2.24) is 5.32 Å². The van der Waals surface area contributed by atoms with E-state index in [-0.39, 0.29) is 36.5 Å². The number of hydrogen-bond acceptors (Lipinski definition) is 4. The third-order valence-electron chi connectivity index (χ3n) is 8.11. The van der Waals surface area contributed by atoms with Gasteiger partial charge in [-0.3, -0.25) is 14.4 Å². The minimum atomic E-state index is -1.07. The summed E-state index contributed by atoms with van der Waals surface area (Å²) in [7, 11) is 0. The molecule has 4 atom stereocenters. The van der Waals surface area contributed by atoms with Crippen LogP contribution in [0.3, 0.4) is 0 Å². The van der Waals surface area contributed by atoms with E-state index < -0.39 is 23.0 Å². The van der Waals surface area contributed by atoms with Crippen molar-refractivity contribution in [2.75, 3.05) is 4.90 Å². The topological polar surface area (TPSA) is 80.1 Å². The zero-order valence-corrected chi connectivity index (χ0v) is 20.2. The van der Waals surface area contributed by atoms with E-state index in [0.29, 0.717) is 35.0 Å². The Hall–Kier alpha value is -4.09. The van der Waals surface area contributed by atoms with Gasteiger partial charge in [0.15, 0.2) is 5.69 Å². The fraction of sp³-hybridized carbons (Fsp3) is 0.310. The maximum atomic E-state index is 13.9. The maximum absolute atomic E-state index is 13.9. The number of carbonyl (C=O) groups is 3. The second-order valence-electron chi connectivity index (χ2n) is 10.3. The number of ether oxygens (including phenoxy) is 1. The van der Waals surface area contributed by atoms with Crippen LogP contribution in [-0.4, -0.2) is 28.9 Å². The normalized spacial score (nSPS) is 28.0. The predicted molar refractivity (Wildman–Crippen MR) is 134 cm³/mol. The van der Waals surface area contributed by atoms with Gasteiger partial charge < -0.3 is 10.1 Å². The van der Waals surface area contributed by atoms with Crippen LogP contribution >= 0.6 is 0 Å². The fourth-order valence-corrected chi connectivity index (χ4v) is 6.45. The lowest BCUT2D eigenvalue weighted by molar-refractivity contribution is -0.135. The van der Waals surface area contributed by atoms with Gasteiger partial charge in [0.25, 0.3) is 0 Å². The Balaban J connectivity index is 1.31. The monoisotopic (exact) mass is 497 g/mol. The fourth-order valence-electron chi connectivity index (χ4n) is 6.45. The number of halogens is 1. The molecule has 37 heavy (non-hydrogen) atoms. The summed E-state index contributed by atoms with van der Waals surface area (Å²) in [5, 5.41) is 4.17. The quantitative estimate of drug-likeness (QED) is 0.411. The van der Waals surface area contributed by atoms with Gasteiger partial charge in [0.05, 0.1) is 41.7 Å². The highest BCUT2D eigenvalue weighted by molar-refractivity contribution is 6.26. The Labute approximate surface area is 213 Å². The number of carbonyl (C=O) groups excluding carboxylic acids is 3. The number of hydrogen-bond donors (Lipinski definition) is 1. The zero-order valence-electron chi connectivity index (χ0n) is 20.2. The summed E-state index contributed by atoms with van der Waals surface area (Å²) in [4.78, 5) is 45.5. The predicted octanol–water partition coefficient (Wildman–Crippen LogP) is 4.66. The number of imide groups is 1. The smallest absolute Gasteiger partial charge is 0.240 e. The summed E-state index contributed by atoms with van der Waals surface area (Å²) in [6.07, 6.45) is 1.03. The molecule has 3 aliphatic heterocycles. The molecule has 3 amide bonds. The van der Waals surface area contributed by atoms with Gasteiger partial charge in [0.1, 0.15) is 5.82 Å². The average Bonchev–Trinajstić information content (AvgIpc) is 3.47. The molecule has 3 aliphatic rings. The molecule has 2 unspecified atom stereocenters. The van der Waals surface area contributed by atoms with E-state index in [0.717, 1.165) is 5.56 Å². The van der Waals surface area contributed by atoms with Gasteiger partial charge in [-0.2, -0.15) is 0 Å². The SMILES string of the molecule is [C-]#[N+]c1ccc(N2C(=O)[C@@H]3[C@H](C2=O)C2(C)CCC3(CC(=O)NCc3ccc(F)cc3)O2)c2ccccc12. The van der Waals surface area contributed by atoms with E-state index in [1.54, 1.807) is 36.4 Å². The minimum absolute atomic E-state index is 0.0464. The average molecular weight is 498 g/mol. The molecule has 2 bridgehead atoms. The van der Waals surface area contributed by atoms with Crippen molar-refractivity contribution in [2.24, 2.45) is 11.8 Å². The lowest BCUT2D eigenvalue weighted by atomic mass is 9.67. The molecule has 0 aromatic heterocycles. The van der Waals surface area contributed by atoms with Crippen molar-refractivity contribution < 1.29 is 23.5 Å². The Bertz CT molecular complexity index is 1510. The van der Waals surface area contributed by atoms with Gasteiger partial charge in [-0.25, -0.2) is 14.1 Å². The van der Waals surface area contributed by atoms with E-state index >= 15 is 0 Å². The van der Waals surface area contributed by atoms with E-state index in [4.69, 9.17) is 11.3 Å². The van der Waals surface area contributed by atoms with Crippen molar-refractivity contribution in [1.29, 1.82) is 0 Å². The van der Waals surface area contributed by atoms with Crippen LogP contribution in [0.2, 0.25) is 0 Å². The van der Waals surface area contributed by atoms with Gasteiger partial charge in [-0.1, -0.05) is 42.5 Å². The number of fused-ring (bicyclic) bond motifs is 6. The highest BCUT2D eigenvalue weighted by Gasteiger charge is 2.74. The third kappa shape index (κ3) is 3.45. The lowest BCUT2D eigenvalue weighted by Gasteiger charge is -2.30. The first kappa shape index (κ1) is 23.3. The van der Waals surface area contributed by atoms with Crippen molar-refractivity contribution >= 4 is 39.9 Å². The molecule has 3 aromatic rings. The van der Waals surface area contributed by atoms with Crippen molar-refractivity contribution in [3.8, 4) is 0 Å². The molecule has 1 N–H and O–H groups in total. The van der Waals surface area contributed by atoms with Gasteiger partial charge in [0.2, 0.25) is 17.7 Å². The Morgan fingerprint density at radius 3 is 2.49 bits per heavy atom. The molecule has 7 nitrogen and oxygen atoms in total. The van der Waals surface area contributed by atoms with E-state index in [9.17, 15) is 18.8 Å². The second kappa shape index (κ2) is 8.22. The van der Waals surface area contributed by atoms with Crippen LogP contribution in [0.25, 0.3) is 15.6 Å². The molecule has 186 valence electrons. The standard InChI is InChI=1S/C29H24FN3O4/c1-28-13-14-29(37-28,15-23(34)32-16-17-7-9-18(30)10-8-17)25-24(28)26(35)33(27(25)36)22-12-11-21(31-2)19-5-3-4-6-20(19)22/h3-12,24-25H,13-16H2,1H3,(H,32,34)/t24-,25+,28?,29?/m1/s1. The second-order valence-corrected chi connectivity index (χ2v) is 10.3. The summed E-state index contributed by atoms with van der Waals surface area (Å²) >= 11 is 0. The van der Waals surface area contributed by atoms with Crippen LogP contribution in [0.1, 0.15) is 31.7 Å². The van der Waals surface area contributed by atoms with Crippen molar-refractivity contribution in [3.05, 3.63) is 83.5 Å². The Kier molecular flexibility index (Phi) is 5.18. The summed E-state index contributed by atoms with van der Waals surface area (Å²) in [5.41, 5.74) is -0.258. The number of nitrogens with zero attached hydrogens (tertiary/aromatic N) is 2. The molecule has 3 fully saturated rings. The van der Waals surface area contributed by atoms with Crippen molar-refractivity contribution in [2.45, 2.75) is 43.9 Å². The molecule has 8 heteroatoms. The largest absolute Gasteiger partial charge is 0.367 e. The Morgan fingerprint density at radius 2 is 1.76 bits per heavy atom. The van der Waals surface area contributed by atoms with Gasteiger partial charge in [-0.15, -0.1) is 0 Å². The molecular formula is C29H24FN3O4. The van der Waals surface area contributed by atoms with Crippen molar-refractivity contribution in [3.63, 3.8) is 0 Å².